The van der Waals surface area contributed by atoms with Gasteiger partial charge in [0.2, 0.25) is 5.88 Å². The van der Waals surface area contributed by atoms with Crippen molar-refractivity contribution in [3.8, 4) is 11.6 Å². The first-order chi connectivity index (χ1) is 10.2. The number of ether oxygens (including phenoxy) is 1. The van der Waals surface area contributed by atoms with Gasteiger partial charge in [-0.05, 0) is 55.0 Å². The fraction of sp³-hybridized carbons (Fsp3) is 0.294. The van der Waals surface area contributed by atoms with Crippen LogP contribution in [-0.2, 0) is 19.3 Å². The van der Waals surface area contributed by atoms with E-state index < -0.39 is 0 Å². The van der Waals surface area contributed by atoms with E-state index >= 15 is 0 Å². The second kappa shape index (κ2) is 5.82. The molecule has 0 fully saturated rings. The first kappa shape index (κ1) is 14.0. The number of aryl methyl sites for hydroxylation is 3. The number of hydrogen-bond donors (Lipinski definition) is 1. The summed E-state index contributed by atoms with van der Waals surface area (Å²) in [6.07, 6.45) is 4.15. The molecule has 1 aromatic heterocycles. The molecule has 2 aromatic rings. The van der Waals surface area contributed by atoms with E-state index in [4.69, 9.17) is 22.7 Å². The van der Waals surface area contributed by atoms with Crippen molar-refractivity contribution in [3.05, 3.63) is 52.7 Å². The highest BCUT2D eigenvalue weighted by Crippen LogP contribution is 2.30. The quantitative estimate of drug-likeness (QED) is 0.877. The molecular formula is C17H18N2OS. The van der Waals surface area contributed by atoms with E-state index in [1.54, 1.807) is 0 Å². The van der Waals surface area contributed by atoms with E-state index in [-0.39, 0.29) is 0 Å². The molecule has 3 nitrogen and oxygen atoms in total. The zero-order valence-electron chi connectivity index (χ0n) is 12.1. The highest BCUT2D eigenvalue weighted by Gasteiger charge is 2.19. The lowest BCUT2D eigenvalue weighted by atomic mass is 10.1. The molecular weight excluding hydrogens is 280 g/mol. The van der Waals surface area contributed by atoms with Crippen LogP contribution in [0.15, 0.2) is 30.3 Å². The smallest absolute Gasteiger partial charge is 0.229 e. The third kappa shape index (κ3) is 2.90. The van der Waals surface area contributed by atoms with Crippen LogP contribution in [0.25, 0.3) is 0 Å². The summed E-state index contributed by atoms with van der Waals surface area (Å²) < 4.78 is 5.96. The number of nitrogens with two attached hydrogens (primary N) is 1. The Labute approximate surface area is 130 Å². The molecule has 108 valence electrons. The number of rotatable bonds is 4. The van der Waals surface area contributed by atoms with Crippen molar-refractivity contribution in [2.45, 2.75) is 32.6 Å². The summed E-state index contributed by atoms with van der Waals surface area (Å²) >= 11 is 5.14. The average Bonchev–Trinajstić information content (AvgIpc) is 2.93. The summed E-state index contributed by atoms with van der Waals surface area (Å²) in [7, 11) is 0. The average molecular weight is 298 g/mol. The number of fused-ring (bicyclic) bond motifs is 1. The van der Waals surface area contributed by atoms with E-state index in [0.29, 0.717) is 10.9 Å². The van der Waals surface area contributed by atoms with E-state index in [1.807, 2.05) is 24.3 Å². The second-order valence-corrected chi connectivity index (χ2v) is 5.71. The Hall–Kier alpha value is -1.94. The second-order valence-electron chi connectivity index (χ2n) is 5.27. The number of hydrogen-bond acceptors (Lipinski definition) is 3. The third-order valence-corrected chi connectivity index (χ3v) is 4.02. The Kier molecular flexibility index (Phi) is 3.88. The minimum Gasteiger partial charge on any atom is -0.438 e. The summed E-state index contributed by atoms with van der Waals surface area (Å²) in [5.74, 6) is 1.30. The van der Waals surface area contributed by atoms with Crippen molar-refractivity contribution >= 4 is 17.2 Å². The number of thiocarbonyl (C=S) groups is 1. The van der Waals surface area contributed by atoms with Gasteiger partial charge >= 0.3 is 0 Å². The molecule has 0 unspecified atom stereocenters. The van der Waals surface area contributed by atoms with Crippen molar-refractivity contribution in [3.63, 3.8) is 0 Å². The van der Waals surface area contributed by atoms with Crippen LogP contribution >= 0.6 is 12.2 Å². The van der Waals surface area contributed by atoms with Gasteiger partial charge in [0.1, 0.15) is 10.7 Å². The Morgan fingerprint density at radius 3 is 2.95 bits per heavy atom. The van der Waals surface area contributed by atoms with Crippen LogP contribution in [0.3, 0.4) is 0 Å². The van der Waals surface area contributed by atoms with Crippen LogP contribution in [0.4, 0.5) is 0 Å². The summed E-state index contributed by atoms with van der Waals surface area (Å²) in [5.41, 5.74) is 10.1. The molecule has 0 saturated heterocycles. The molecule has 21 heavy (non-hydrogen) atoms. The molecule has 2 N–H and O–H groups in total. The monoisotopic (exact) mass is 298 g/mol. The summed E-state index contributed by atoms with van der Waals surface area (Å²) in [6.45, 7) is 2.12. The Balaban J connectivity index is 1.99. The lowest BCUT2D eigenvalue weighted by Crippen LogP contribution is -2.13. The van der Waals surface area contributed by atoms with Gasteiger partial charge in [-0.1, -0.05) is 31.3 Å². The maximum atomic E-state index is 5.96. The molecule has 1 aromatic carbocycles. The lowest BCUT2D eigenvalue weighted by Gasteiger charge is -2.12. The molecule has 0 bridgehead atoms. The first-order valence-corrected chi connectivity index (χ1v) is 7.67. The van der Waals surface area contributed by atoms with Gasteiger partial charge in [0.05, 0.1) is 5.56 Å². The topological polar surface area (TPSA) is 48.1 Å². The summed E-state index contributed by atoms with van der Waals surface area (Å²) in [6, 6.07) is 10.1. The van der Waals surface area contributed by atoms with Gasteiger partial charge in [-0.2, -0.15) is 0 Å². The highest BCUT2D eigenvalue weighted by atomic mass is 32.1. The largest absolute Gasteiger partial charge is 0.438 e. The predicted molar refractivity (Wildman–Crippen MR) is 88.0 cm³/mol. The van der Waals surface area contributed by atoms with Crippen LogP contribution in [0.1, 0.15) is 35.7 Å². The van der Waals surface area contributed by atoms with Gasteiger partial charge in [0, 0.05) is 5.69 Å². The minimum atomic E-state index is 0.332. The van der Waals surface area contributed by atoms with Crippen molar-refractivity contribution in [1.82, 2.24) is 4.98 Å². The van der Waals surface area contributed by atoms with Crippen molar-refractivity contribution in [2.24, 2.45) is 5.73 Å². The molecule has 0 spiro atoms. The third-order valence-electron chi connectivity index (χ3n) is 3.80. The molecule has 1 heterocycles. The van der Waals surface area contributed by atoms with Crippen molar-refractivity contribution in [2.75, 3.05) is 0 Å². The van der Waals surface area contributed by atoms with Gasteiger partial charge in [-0.25, -0.2) is 4.98 Å². The van der Waals surface area contributed by atoms with Crippen molar-refractivity contribution in [1.29, 1.82) is 0 Å². The number of pyridine rings is 1. The van der Waals surface area contributed by atoms with E-state index in [1.165, 1.54) is 11.1 Å². The summed E-state index contributed by atoms with van der Waals surface area (Å²) in [5, 5.41) is 0. The normalized spacial score (nSPS) is 13.0. The van der Waals surface area contributed by atoms with Crippen LogP contribution in [0.2, 0.25) is 0 Å². The SMILES string of the molecule is CCc1cccc(Oc2nc3c(cc2C(N)=S)CCC3)c1. The first-order valence-electron chi connectivity index (χ1n) is 7.26. The molecule has 1 aliphatic carbocycles. The number of benzene rings is 1. The van der Waals surface area contributed by atoms with Crippen LogP contribution in [-0.4, -0.2) is 9.97 Å². The summed E-state index contributed by atoms with van der Waals surface area (Å²) in [4.78, 5) is 4.97. The highest BCUT2D eigenvalue weighted by molar-refractivity contribution is 7.80. The molecule has 4 heteroatoms. The van der Waals surface area contributed by atoms with E-state index in [9.17, 15) is 0 Å². The zero-order valence-corrected chi connectivity index (χ0v) is 12.9. The minimum absolute atomic E-state index is 0.332. The number of aromatic nitrogens is 1. The van der Waals surface area contributed by atoms with Gasteiger partial charge in [0.25, 0.3) is 0 Å². The van der Waals surface area contributed by atoms with Crippen LogP contribution in [0.5, 0.6) is 11.6 Å². The van der Waals surface area contributed by atoms with Gasteiger partial charge in [-0.3, -0.25) is 0 Å². The fourth-order valence-corrected chi connectivity index (χ4v) is 2.79. The lowest BCUT2D eigenvalue weighted by molar-refractivity contribution is 0.459. The molecule has 0 amide bonds. The Morgan fingerprint density at radius 2 is 2.19 bits per heavy atom. The Morgan fingerprint density at radius 1 is 1.33 bits per heavy atom. The van der Waals surface area contributed by atoms with Crippen molar-refractivity contribution < 1.29 is 4.74 Å². The molecule has 0 aliphatic heterocycles. The Bertz CT molecular complexity index is 697. The molecule has 1 aliphatic rings. The molecule has 3 rings (SSSR count). The van der Waals surface area contributed by atoms with Gasteiger partial charge in [0.15, 0.2) is 0 Å². The predicted octanol–water partition coefficient (Wildman–Crippen LogP) is 3.56. The zero-order chi connectivity index (χ0) is 14.8. The maximum Gasteiger partial charge on any atom is 0.229 e. The molecule has 0 saturated carbocycles. The van der Waals surface area contributed by atoms with E-state index in [2.05, 4.69) is 18.0 Å². The van der Waals surface area contributed by atoms with Crippen LogP contribution in [0, 0.1) is 0 Å². The van der Waals surface area contributed by atoms with E-state index in [0.717, 1.165) is 42.7 Å². The fourth-order valence-electron chi connectivity index (χ4n) is 2.65. The molecule has 0 radical (unpaired) electrons. The van der Waals surface area contributed by atoms with Gasteiger partial charge < -0.3 is 10.5 Å². The standard InChI is InChI=1S/C17H18N2OS/c1-2-11-5-3-7-13(9-11)20-17-14(16(18)21)10-12-6-4-8-15(12)19-17/h3,5,7,9-10H,2,4,6,8H2,1H3,(H2,18,21). The maximum absolute atomic E-state index is 5.96. The molecule has 0 atom stereocenters. The van der Waals surface area contributed by atoms with Crippen LogP contribution < -0.4 is 10.5 Å². The number of nitrogens with zero attached hydrogens (tertiary/aromatic N) is 1. The van der Waals surface area contributed by atoms with Gasteiger partial charge in [-0.15, -0.1) is 0 Å².